The van der Waals surface area contributed by atoms with Crippen LogP contribution in [0.1, 0.15) is 0 Å². The summed E-state index contributed by atoms with van der Waals surface area (Å²) in [5.74, 6) is 0.305. The second-order valence-corrected chi connectivity index (χ2v) is 6.05. The molecule has 0 aromatic heterocycles. The molecule has 1 amide bonds. The molecule has 27 heavy (non-hydrogen) atoms. The van der Waals surface area contributed by atoms with E-state index < -0.39 is 0 Å². The van der Waals surface area contributed by atoms with Crippen LogP contribution in [0.3, 0.4) is 0 Å². The molecule has 3 N–H and O–H groups in total. The van der Waals surface area contributed by atoms with Gasteiger partial charge in [0.2, 0.25) is 0 Å². The van der Waals surface area contributed by atoms with E-state index in [1.165, 1.54) is 0 Å². The molecule has 0 radical (unpaired) electrons. The molecule has 3 aromatic rings. The van der Waals surface area contributed by atoms with Crippen LogP contribution in [-0.4, -0.2) is 17.6 Å². The number of benzene rings is 3. The standard InChI is InChI=1S/C21H19N3O2S/c25-20(23-24-21(27)22-17-11-5-2-6-12-17)15-26-19-14-8-7-13-18(19)16-9-3-1-4-10-16/h1-14H,15H2,(H,23,25)(H2,22,24,27). The molecule has 0 heterocycles. The van der Waals surface area contributed by atoms with Crippen LogP contribution in [0.2, 0.25) is 0 Å². The van der Waals surface area contributed by atoms with Crippen LogP contribution in [0, 0.1) is 0 Å². The van der Waals surface area contributed by atoms with Crippen molar-refractivity contribution in [2.45, 2.75) is 0 Å². The summed E-state index contributed by atoms with van der Waals surface area (Å²) in [6, 6.07) is 26.9. The molecule has 0 fully saturated rings. The molecule has 0 unspecified atom stereocenters. The van der Waals surface area contributed by atoms with Crippen LogP contribution in [0.4, 0.5) is 5.69 Å². The second kappa shape index (κ2) is 9.35. The summed E-state index contributed by atoms with van der Waals surface area (Å²) in [6.45, 7) is -0.134. The van der Waals surface area contributed by atoms with Crippen molar-refractivity contribution >= 4 is 28.9 Å². The van der Waals surface area contributed by atoms with Crippen molar-refractivity contribution in [2.24, 2.45) is 0 Å². The van der Waals surface area contributed by atoms with Crippen LogP contribution in [0.15, 0.2) is 84.9 Å². The Morgan fingerprint density at radius 3 is 2.19 bits per heavy atom. The third kappa shape index (κ3) is 5.55. The highest BCUT2D eigenvalue weighted by Crippen LogP contribution is 2.29. The van der Waals surface area contributed by atoms with Crippen molar-refractivity contribution < 1.29 is 9.53 Å². The molecular formula is C21H19N3O2S. The van der Waals surface area contributed by atoms with E-state index in [4.69, 9.17) is 17.0 Å². The number of hydrogen-bond donors (Lipinski definition) is 3. The third-order valence-electron chi connectivity index (χ3n) is 3.68. The van der Waals surface area contributed by atoms with E-state index in [9.17, 15) is 4.79 Å². The minimum atomic E-state index is -0.338. The zero-order valence-corrected chi connectivity index (χ0v) is 15.3. The molecule has 0 aliphatic rings. The molecule has 0 saturated heterocycles. The van der Waals surface area contributed by atoms with Gasteiger partial charge in [0, 0.05) is 11.3 Å². The van der Waals surface area contributed by atoms with Gasteiger partial charge in [-0.25, -0.2) is 0 Å². The average Bonchev–Trinajstić information content (AvgIpc) is 2.72. The van der Waals surface area contributed by atoms with Gasteiger partial charge in [0.25, 0.3) is 5.91 Å². The molecule has 0 bridgehead atoms. The topological polar surface area (TPSA) is 62.4 Å². The van der Waals surface area contributed by atoms with Gasteiger partial charge in [-0.1, -0.05) is 66.7 Å². The zero-order chi connectivity index (χ0) is 18.9. The summed E-state index contributed by atoms with van der Waals surface area (Å²) < 4.78 is 5.69. The highest BCUT2D eigenvalue weighted by atomic mass is 32.1. The van der Waals surface area contributed by atoms with Gasteiger partial charge in [-0.3, -0.25) is 15.6 Å². The van der Waals surface area contributed by atoms with Crippen molar-refractivity contribution in [3.63, 3.8) is 0 Å². The van der Waals surface area contributed by atoms with Crippen molar-refractivity contribution in [1.82, 2.24) is 10.9 Å². The van der Waals surface area contributed by atoms with E-state index in [2.05, 4.69) is 16.2 Å². The molecule has 3 aromatic carbocycles. The molecule has 6 heteroatoms. The third-order valence-corrected chi connectivity index (χ3v) is 3.88. The first kappa shape index (κ1) is 18.4. The molecule has 0 atom stereocenters. The van der Waals surface area contributed by atoms with E-state index >= 15 is 0 Å². The van der Waals surface area contributed by atoms with Gasteiger partial charge in [-0.05, 0) is 36.0 Å². The molecule has 0 saturated carbocycles. The van der Waals surface area contributed by atoms with E-state index in [-0.39, 0.29) is 12.5 Å². The lowest BCUT2D eigenvalue weighted by Crippen LogP contribution is -2.45. The van der Waals surface area contributed by atoms with E-state index in [0.717, 1.165) is 16.8 Å². The highest BCUT2D eigenvalue weighted by Gasteiger charge is 2.08. The maximum atomic E-state index is 12.0. The Kier molecular flexibility index (Phi) is 6.38. The summed E-state index contributed by atoms with van der Waals surface area (Å²) in [5.41, 5.74) is 7.96. The quantitative estimate of drug-likeness (QED) is 0.467. The fourth-order valence-electron chi connectivity index (χ4n) is 2.44. The number of hydrazine groups is 1. The van der Waals surface area contributed by atoms with Crippen LogP contribution < -0.4 is 20.9 Å². The normalized spacial score (nSPS) is 9.93. The number of ether oxygens (including phenoxy) is 1. The maximum absolute atomic E-state index is 12.0. The van der Waals surface area contributed by atoms with Crippen molar-refractivity contribution in [1.29, 1.82) is 0 Å². The highest BCUT2D eigenvalue weighted by molar-refractivity contribution is 7.80. The predicted molar refractivity (Wildman–Crippen MR) is 111 cm³/mol. The number of para-hydroxylation sites is 2. The van der Waals surface area contributed by atoms with Gasteiger partial charge in [0.1, 0.15) is 5.75 Å². The molecule has 0 aliphatic carbocycles. The van der Waals surface area contributed by atoms with Gasteiger partial charge in [-0.15, -0.1) is 0 Å². The lowest BCUT2D eigenvalue weighted by molar-refractivity contribution is -0.123. The van der Waals surface area contributed by atoms with Gasteiger partial charge < -0.3 is 10.1 Å². The Morgan fingerprint density at radius 1 is 0.815 bits per heavy atom. The summed E-state index contributed by atoms with van der Waals surface area (Å²) >= 11 is 5.14. The van der Waals surface area contributed by atoms with Gasteiger partial charge in [0.15, 0.2) is 11.7 Å². The number of thiocarbonyl (C=S) groups is 1. The smallest absolute Gasteiger partial charge is 0.276 e. The van der Waals surface area contributed by atoms with E-state index in [0.29, 0.717) is 10.9 Å². The number of nitrogens with one attached hydrogen (secondary N) is 3. The predicted octanol–water partition coefficient (Wildman–Crippen LogP) is 3.75. The summed E-state index contributed by atoms with van der Waals surface area (Å²) in [7, 11) is 0. The Morgan fingerprint density at radius 2 is 1.44 bits per heavy atom. The number of rotatable bonds is 5. The monoisotopic (exact) mass is 377 g/mol. The number of amides is 1. The van der Waals surface area contributed by atoms with Crippen LogP contribution in [-0.2, 0) is 4.79 Å². The first-order valence-corrected chi connectivity index (χ1v) is 8.81. The minimum Gasteiger partial charge on any atom is -0.483 e. The molecule has 3 rings (SSSR count). The van der Waals surface area contributed by atoms with Crippen LogP contribution in [0.5, 0.6) is 5.75 Å². The Bertz CT molecular complexity index is 902. The number of anilines is 1. The fraction of sp³-hybridized carbons (Fsp3) is 0.0476. The van der Waals surface area contributed by atoms with Gasteiger partial charge in [0.05, 0.1) is 0 Å². The zero-order valence-electron chi connectivity index (χ0n) is 14.5. The molecule has 5 nitrogen and oxygen atoms in total. The van der Waals surface area contributed by atoms with Gasteiger partial charge >= 0.3 is 0 Å². The lowest BCUT2D eigenvalue weighted by Gasteiger charge is -2.13. The number of hydrogen-bond acceptors (Lipinski definition) is 3. The average molecular weight is 377 g/mol. The van der Waals surface area contributed by atoms with Crippen molar-refractivity contribution in [2.75, 3.05) is 11.9 Å². The Hall–Kier alpha value is -3.38. The summed E-state index contributed by atoms with van der Waals surface area (Å²) in [5, 5.41) is 3.26. The Labute approximate surface area is 163 Å². The minimum absolute atomic E-state index is 0.134. The molecule has 136 valence electrons. The first-order chi connectivity index (χ1) is 13.2. The number of carbonyl (C=O) groups excluding carboxylic acids is 1. The van der Waals surface area contributed by atoms with Crippen molar-refractivity contribution in [3.05, 3.63) is 84.9 Å². The fourth-order valence-corrected chi connectivity index (χ4v) is 2.61. The molecule has 0 spiro atoms. The van der Waals surface area contributed by atoms with E-state index in [1.807, 2.05) is 84.9 Å². The molecular weight excluding hydrogens is 358 g/mol. The van der Waals surface area contributed by atoms with E-state index in [1.54, 1.807) is 0 Å². The number of carbonyl (C=O) groups is 1. The van der Waals surface area contributed by atoms with Gasteiger partial charge in [-0.2, -0.15) is 0 Å². The van der Waals surface area contributed by atoms with Crippen LogP contribution in [0.25, 0.3) is 11.1 Å². The SMILES string of the molecule is O=C(COc1ccccc1-c1ccccc1)NNC(=S)Nc1ccccc1. The Balaban J connectivity index is 1.51. The molecule has 0 aliphatic heterocycles. The van der Waals surface area contributed by atoms with Crippen LogP contribution >= 0.6 is 12.2 Å². The van der Waals surface area contributed by atoms with Crippen molar-refractivity contribution in [3.8, 4) is 16.9 Å². The summed E-state index contributed by atoms with van der Waals surface area (Å²) in [4.78, 5) is 12.0. The summed E-state index contributed by atoms with van der Waals surface area (Å²) in [6.07, 6.45) is 0. The second-order valence-electron chi connectivity index (χ2n) is 5.64. The lowest BCUT2D eigenvalue weighted by atomic mass is 10.1. The first-order valence-electron chi connectivity index (χ1n) is 8.40. The maximum Gasteiger partial charge on any atom is 0.276 e. The largest absolute Gasteiger partial charge is 0.483 e.